The lowest BCUT2D eigenvalue weighted by Crippen LogP contribution is -2.23. The summed E-state index contributed by atoms with van der Waals surface area (Å²) in [5, 5.41) is 7.28. The number of fused-ring (bicyclic) bond motifs is 2. The highest BCUT2D eigenvalue weighted by Gasteiger charge is 2.16. The zero-order valence-electron chi connectivity index (χ0n) is 20.8. The van der Waals surface area contributed by atoms with E-state index in [1.807, 2.05) is 66.7 Å². The van der Waals surface area contributed by atoms with Gasteiger partial charge in [-0.3, -0.25) is 4.79 Å². The average Bonchev–Trinajstić information content (AvgIpc) is 2.92. The highest BCUT2D eigenvalue weighted by molar-refractivity contribution is 9.11. The van der Waals surface area contributed by atoms with E-state index in [0.29, 0.717) is 29.1 Å². The Kier molecular flexibility index (Phi) is 8.12. The van der Waals surface area contributed by atoms with E-state index in [0.717, 1.165) is 41.7 Å². The molecule has 0 aliphatic rings. The van der Waals surface area contributed by atoms with Gasteiger partial charge in [0.1, 0.15) is 18.2 Å². The lowest BCUT2D eigenvalue weighted by atomic mass is 10.0. The van der Waals surface area contributed by atoms with Crippen molar-refractivity contribution in [2.45, 2.75) is 32.8 Å². The zero-order valence-corrected chi connectivity index (χ0v) is 25.5. The van der Waals surface area contributed by atoms with Crippen LogP contribution in [-0.4, -0.2) is 15.9 Å². The molecular weight excluding hydrogens is 674 g/mol. The molecule has 0 saturated carbocycles. The number of ether oxygens (including phenoxy) is 1. The molecule has 0 bridgehead atoms. The second kappa shape index (κ2) is 11.5. The Morgan fingerprint density at radius 1 is 0.974 bits per heavy atom. The minimum absolute atomic E-state index is 0.0471. The number of aromatic nitrogens is 2. The lowest BCUT2D eigenvalue weighted by Gasteiger charge is -2.15. The molecule has 4 aromatic carbocycles. The first kappa shape index (κ1) is 26.8. The van der Waals surface area contributed by atoms with E-state index in [9.17, 15) is 4.79 Å². The molecular formula is C30H24Br3N3O2. The summed E-state index contributed by atoms with van der Waals surface area (Å²) >= 11 is 10.6. The fraction of sp³-hybridized carbons (Fsp3) is 0.167. The van der Waals surface area contributed by atoms with Crippen molar-refractivity contribution in [1.29, 1.82) is 0 Å². The van der Waals surface area contributed by atoms with Gasteiger partial charge < -0.3 is 4.74 Å². The molecule has 5 aromatic rings. The molecule has 1 aromatic heterocycles. The van der Waals surface area contributed by atoms with Crippen LogP contribution in [0.25, 0.3) is 21.7 Å². The molecule has 0 amide bonds. The van der Waals surface area contributed by atoms with Crippen LogP contribution in [0, 0.1) is 0 Å². The Hall–Kier alpha value is -2.81. The Morgan fingerprint density at radius 3 is 2.53 bits per heavy atom. The van der Waals surface area contributed by atoms with Gasteiger partial charge in [0, 0.05) is 30.5 Å². The van der Waals surface area contributed by atoms with Crippen molar-refractivity contribution >= 4 is 75.7 Å². The van der Waals surface area contributed by atoms with Crippen molar-refractivity contribution in [3.05, 3.63) is 114 Å². The maximum atomic E-state index is 13.6. The number of hydrogen-bond donors (Lipinski definition) is 0. The quantitative estimate of drug-likeness (QED) is 0.160. The summed E-state index contributed by atoms with van der Waals surface area (Å²) in [6.07, 6.45) is 2.54. The van der Waals surface area contributed by atoms with Crippen LogP contribution in [-0.2, 0) is 6.61 Å². The van der Waals surface area contributed by atoms with Gasteiger partial charge in [-0.2, -0.15) is 9.78 Å². The van der Waals surface area contributed by atoms with Crippen molar-refractivity contribution in [3.8, 4) is 5.75 Å². The molecule has 38 heavy (non-hydrogen) atoms. The van der Waals surface area contributed by atoms with E-state index < -0.39 is 0 Å². The van der Waals surface area contributed by atoms with Gasteiger partial charge in [0.15, 0.2) is 0 Å². The molecule has 0 N–H and O–H groups in total. The van der Waals surface area contributed by atoms with Crippen LogP contribution in [0.2, 0.25) is 0 Å². The van der Waals surface area contributed by atoms with Crippen molar-refractivity contribution < 1.29 is 4.74 Å². The minimum Gasteiger partial charge on any atom is -0.488 e. The van der Waals surface area contributed by atoms with Gasteiger partial charge in [0.2, 0.25) is 0 Å². The van der Waals surface area contributed by atoms with Crippen LogP contribution in [0.1, 0.15) is 43.1 Å². The molecule has 5 nitrogen and oxygen atoms in total. The molecule has 0 radical (unpaired) electrons. The third kappa shape index (κ3) is 5.48. The number of halogens is 3. The van der Waals surface area contributed by atoms with Crippen LogP contribution >= 0.6 is 47.8 Å². The minimum atomic E-state index is -0.204. The second-order valence-electron chi connectivity index (χ2n) is 9.03. The predicted octanol–water partition coefficient (Wildman–Crippen LogP) is 8.81. The molecule has 8 heteroatoms. The summed E-state index contributed by atoms with van der Waals surface area (Å²) in [4.78, 5) is 18.4. The fourth-order valence-corrected chi connectivity index (χ4v) is 5.75. The maximum Gasteiger partial charge on any atom is 0.282 e. The number of nitrogens with zero attached hydrogens (tertiary/aromatic N) is 3. The SMILES string of the molecule is CC[C@H](C)c1nc2ccc(Br)cc2c(=O)n1N=Cc1c(OCc2ccc(Br)cc2Br)ccc2ccccc12. The lowest BCUT2D eigenvalue weighted by molar-refractivity contribution is 0.305. The molecule has 192 valence electrons. The highest BCUT2D eigenvalue weighted by atomic mass is 79.9. The average molecular weight is 698 g/mol. The Balaban J connectivity index is 1.63. The van der Waals surface area contributed by atoms with E-state index in [2.05, 4.69) is 61.6 Å². The molecule has 0 fully saturated rings. The summed E-state index contributed by atoms with van der Waals surface area (Å²) in [7, 11) is 0. The summed E-state index contributed by atoms with van der Waals surface area (Å²) in [5.41, 5.74) is 2.27. The van der Waals surface area contributed by atoms with Gasteiger partial charge in [-0.05, 0) is 53.6 Å². The van der Waals surface area contributed by atoms with Crippen LogP contribution in [0.4, 0.5) is 0 Å². The molecule has 1 atom stereocenters. The van der Waals surface area contributed by atoms with Crippen LogP contribution in [0.3, 0.4) is 0 Å². The first-order valence-corrected chi connectivity index (χ1v) is 14.6. The summed E-state index contributed by atoms with van der Waals surface area (Å²) in [6.45, 7) is 4.51. The number of hydrogen-bond acceptors (Lipinski definition) is 4. The van der Waals surface area contributed by atoms with Crippen molar-refractivity contribution in [2.75, 3.05) is 0 Å². The zero-order chi connectivity index (χ0) is 26.8. The maximum absolute atomic E-state index is 13.6. The van der Waals surface area contributed by atoms with Crippen molar-refractivity contribution in [1.82, 2.24) is 9.66 Å². The molecule has 0 aliphatic carbocycles. The van der Waals surface area contributed by atoms with E-state index in [1.165, 1.54) is 4.68 Å². The third-order valence-corrected chi connectivity index (χ3v) is 8.24. The first-order chi connectivity index (χ1) is 18.4. The van der Waals surface area contributed by atoms with E-state index >= 15 is 0 Å². The van der Waals surface area contributed by atoms with Gasteiger partial charge >= 0.3 is 0 Å². The van der Waals surface area contributed by atoms with E-state index in [4.69, 9.17) is 14.8 Å². The van der Waals surface area contributed by atoms with Gasteiger partial charge in [0.25, 0.3) is 5.56 Å². The van der Waals surface area contributed by atoms with E-state index in [-0.39, 0.29) is 11.5 Å². The van der Waals surface area contributed by atoms with Crippen molar-refractivity contribution in [3.63, 3.8) is 0 Å². The predicted molar refractivity (Wildman–Crippen MR) is 166 cm³/mol. The number of benzene rings is 4. The fourth-order valence-electron chi connectivity index (χ4n) is 4.22. The number of rotatable bonds is 7. The normalized spacial score (nSPS) is 12.4. The summed E-state index contributed by atoms with van der Waals surface area (Å²) < 4.78 is 10.5. The second-order valence-corrected chi connectivity index (χ2v) is 11.7. The van der Waals surface area contributed by atoms with Gasteiger partial charge in [-0.15, -0.1) is 0 Å². The van der Waals surface area contributed by atoms with Crippen LogP contribution in [0.5, 0.6) is 5.75 Å². The molecule has 0 saturated heterocycles. The molecule has 1 heterocycles. The van der Waals surface area contributed by atoms with Crippen molar-refractivity contribution in [2.24, 2.45) is 5.10 Å². The highest BCUT2D eigenvalue weighted by Crippen LogP contribution is 2.29. The van der Waals surface area contributed by atoms with Crippen LogP contribution in [0.15, 0.2) is 96.1 Å². The van der Waals surface area contributed by atoms with Gasteiger partial charge in [-0.25, -0.2) is 4.98 Å². The Morgan fingerprint density at radius 2 is 1.74 bits per heavy atom. The Labute approximate surface area is 245 Å². The monoisotopic (exact) mass is 695 g/mol. The molecule has 0 spiro atoms. The van der Waals surface area contributed by atoms with Crippen LogP contribution < -0.4 is 10.3 Å². The first-order valence-electron chi connectivity index (χ1n) is 12.2. The van der Waals surface area contributed by atoms with E-state index in [1.54, 1.807) is 12.3 Å². The standard InChI is InChI=1S/C30H24Br3N3O2/c1-3-18(2)29-35-27-12-11-21(31)14-24(27)30(37)36(29)34-16-25-23-7-5-4-6-19(23)9-13-28(25)38-17-20-8-10-22(32)15-26(20)33/h4-16,18H,3,17H2,1-2H3/t18-/m0/s1. The molecule has 0 unspecified atom stereocenters. The molecule has 0 aliphatic heterocycles. The van der Waals surface area contributed by atoms with Gasteiger partial charge in [-0.1, -0.05) is 98.0 Å². The third-order valence-electron chi connectivity index (χ3n) is 6.52. The topological polar surface area (TPSA) is 56.5 Å². The van der Waals surface area contributed by atoms with Gasteiger partial charge in [0.05, 0.1) is 17.1 Å². The largest absolute Gasteiger partial charge is 0.488 e. The molecule has 5 rings (SSSR count). The summed E-state index contributed by atoms with van der Waals surface area (Å²) in [5.74, 6) is 1.35. The summed E-state index contributed by atoms with van der Waals surface area (Å²) in [6, 6.07) is 23.6. The Bertz CT molecular complexity index is 1750. The smallest absolute Gasteiger partial charge is 0.282 e.